The van der Waals surface area contributed by atoms with Crippen molar-refractivity contribution in [2.24, 2.45) is 5.92 Å². The highest BCUT2D eigenvalue weighted by molar-refractivity contribution is 7.99. The Kier molecular flexibility index (Phi) is 4.96. The molecule has 2 heterocycles. The predicted molar refractivity (Wildman–Crippen MR) is 78.7 cm³/mol. The minimum Gasteiger partial charge on any atom is -0.375 e. The van der Waals surface area contributed by atoms with Crippen LogP contribution in [0.3, 0.4) is 0 Å². The van der Waals surface area contributed by atoms with Gasteiger partial charge < -0.3 is 9.47 Å². The molecule has 19 heavy (non-hydrogen) atoms. The third kappa shape index (κ3) is 4.47. The molecule has 0 aliphatic carbocycles. The normalized spacial score (nSPS) is 27.4. The summed E-state index contributed by atoms with van der Waals surface area (Å²) in [4.78, 5) is 12.3. The number of carbonyl (C=O) groups excluding carboxylic acids is 1. The molecule has 2 aliphatic rings. The molecule has 0 radical (unpaired) electrons. The lowest BCUT2D eigenvalue weighted by molar-refractivity contribution is -0.146. The van der Waals surface area contributed by atoms with Gasteiger partial charge in [0, 0.05) is 12.5 Å². The lowest BCUT2D eigenvalue weighted by Gasteiger charge is -2.43. The van der Waals surface area contributed by atoms with E-state index in [1.54, 1.807) is 0 Å². The largest absolute Gasteiger partial charge is 0.375 e. The van der Waals surface area contributed by atoms with Crippen LogP contribution in [-0.4, -0.2) is 41.7 Å². The topological polar surface area (TPSA) is 35.5 Å². The fourth-order valence-corrected chi connectivity index (χ4v) is 4.04. The average Bonchev–Trinajstić information content (AvgIpc) is 2.36. The maximum atomic E-state index is 12.3. The van der Waals surface area contributed by atoms with Crippen molar-refractivity contribution < 1.29 is 14.3 Å². The quantitative estimate of drug-likeness (QED) is 0.799. The highest BCUT2D eigenvalue weighted by atomic mass is 32.2. The first kappa shape index (κ1) is 15.3. The summed E-state index contributed by atoms with van der Waals surface area (Å²) < 4.78 is 11.7. The molecule has 4 heteroatoms. The summed E-state index contributed by atoms with van der Waals surface area (Å²) in [6.07, 6.45) is 3.96. The summed E-state index contributed by atoms with van der Waals surface area (Å²) in [5.41, 5.74) is -0.244. The molecule has 3 nitrogen and oxygen atoms in total. The Morgan fingerprint density at radius 3 is 2.68 bits per heavy atom. The van der Waals surface area contributed by atoms with Crippen LogP contribution in [0.2, 0.25) is 0 Å². The summed E-state index contributed by atoms with van der Waals surface area (Å²) in [6.45, 7) is 6.95. The van der Waals surface area contributed by atoms with E-state index in [2.05, 4.69) is 0 Å². The second-order valence-electron chi connectivity index (χ2n) is 6.70. The molecule has 0 bridgehead atoms. The third-order valence-electron chi connectivity index (χ3n) is 4.00. The summed E-state index contributed by atoms with van der Waals surface area (Å²) >= 11 is 2.00. The molecule has 0 aromatic heterocycles. The fraction of sp³-hybridized carbons (Fsp3) is 0.933. The highest BCUT2D eigenvalue weighted by Gasteiger charge is 2.40. The first-order valence-electron chi connectivity index (χ1n) is 7.29. The fourth-order valence-electron chi connectivity index (χ4n) is 2.80. The van der Waals surface area contributed by atoms with Crippen LogP contribution in [0.4, 0.5) is 0 Å². The van der Waals surface area contributed by atoms with Crippen LogP contribution in [0.15, 0.2) is 0 Å². The molecular formula is C15H26O3S. The van der Waals surface area contributed by atoms with Crippen molar-refractivity contribution in [1.29, 1.82) is 0 Å². The van der Waals surface area contributed by atoms with Crippen LogP contribution < -0.4 is 0 Å². The van der Waals surface area contributed by atoms with Gasteiger partial charge in [0.15, 0.2) is 5.78 Å². The van der Waals surface area contributed by atoms with Crippen LogP contribution in [0.25, 0.3) is 0 Å². The minimum absolute atomic E-state index is 0.00837. The van der Waals surface area contributed by atoms with Crippen LogP contribution in [0.5, 0.6) is 0 Å². The second-order valence-corrected chi connectivity index (χ2v) is 7.93. The van der Waals surface area contributed by atoms with Crippen LogP contribution in [-0.2, 0) is 14.3 Å². The van der Waals surface area contributed by atoms with Gasteiger partial charge in [-0.15, -0.1) is 0 Å². The van der Waals surface area contributed by atoms with Crippen molar-refractivity contribution in [3.8, 4) is 0 Å². The van der Waals surface area contributed by atoms with Gasteiger partial charge in [-0.25, -0.2) is 0 Å². The average molecular weight is 286 g/mol. The van der Waals surface area contributed by atoms with E-state index in [0.717, 1.165) is 32.3 Å². The monoisotopic (exact) mass is 286 g/mol. The van der Waals surface area contributed by atoms with E-state index in [1.165, 1.54) is 11.5 Å². The van der Waals surface area contributed by atoms with E-state index < -0.39 is 0 Å². The molecule has 0 amide bonds. The van der Waals surface area contributed by atoms with Crippen molar-refractivity contribution in [2.45, 2.75) is 57.7 Å². The molecule has 0 aromatic rings. The smallest absolute Gasteiger partial charge is 0.161 e. The van der Waals surface area contributed by atoms with E-state index in [0.29, 0.717) is 0 Å². The number of hydrogen-bond acceptors (Lipinski definition) is 4. The molecule has 0 N–H and O–H groups in total. The SMILES string of the molecule is CC(C)(C)OCC(=O)C1CCOC2(CCSCC2)C1. The van der Waals surface area contributed by atoms with Gasteiger partial charge in [-0.2, -0.15) is 11.8 Å². The highest BCUT2D eigenvalue weighted by Crippen LogP contribution is 2.40. The van der Waals surface area contributed by atoms with Gasteiger partial charge in [0.2, 0.25) is 0 Å². The Balaban J connectivity index is 1.88. The standard InChI is InChI=1S/C15H26O3S/c1-14(2,3)18-11-13(16)12-4-7-17-15(10-12)5-8-19-9-6-15/h12H,4-11H2,1-3H3. The van der Waals surface area contributed by atoms with E-state index in [1.807, 2.05) is 32.5 Å². The number of rotatable bonds is 3. The number of carbonyl (C=O) groups is 1. The van der Waals surface area contributed by atoms with E-state index in [9.17, 15) is 4.79 Å². The van der Waals surface area contributed by atoms with E-state index >= 15 is 0 Å². The van der Waals surface area contributed by atoms with Crippen molar-refractivity contribution in [3.63, 3.8) is 0 Å². The summed E-state index contributed by atoms with van der Waals surface area (Å²) in [6, 6.07) is 0. The number of ketones is 1. The maximum absolute atomic E-state index is 12.3. The van der Waals surface area contributed by atoms with Gasteiger partial charge in [-0.1, -0.05) is 0 Å². The van der Waals surface area contributed by atoms with Gasteiger partial charge in [-0.05, 0) is 58.0 Å². The Bertz CT molecular complexity index is 310. The Morgan fingerprint density at radius 1 is 1.37 bits per heavy atom. The molecule has 2 fully saturated rings. The minimum atomic E-state index is -0.236. The van der Waals surface area contributed by atoms with Crippen molar-refractivity contribution in [1.82, 2.24) is 0 Å². The lowest BCUT2D eigenvalue weighted by atomic mass is 9.80. The molecular weight excluding hydrogens is 260 g/mol. The number of ether oxygens (including phenoxy) is 2. The molecule has 0 saturated carbocycles. The van der Waals surface area contributed by atoms with Crippen molar-refractivity contribution in [3.05, 3.63) is 0 Å². The van der Waals surface area contributed by atoms with Crippen LogP contribution in [0, 0.1) is 5.92 Å². The molecule has 110 valence electrons. The summed E-state index contributed by atoms with van der Waals surface area (Å²) in [5.74, 6) is 2.73. The summed E-state index contributed by atoms with van der Waals surface area (Å²) in [5, 5.41) is 0. The summed E-state index contributed by atoms with van der Waals surface area (Å²) in [7, 11) is 0. The van der Waals surface area contributed by atoms with Gasteiger partial charge >= 0.3 is 0 Å². The second kappa shape index (κ2) is 6.15. The number of hydrogen-bond donors (Lipinski definition) is 0. The Hall–Kier alpha value is -0.0600. The number of Topliss-reactive ketones (excluding diaryl/α,β-unsaturated/α-hetero) is 1. The van der Waals surface area contributed by atoms with Crippen LogP contribution >= 0.6 is 11.8 Å². The maximum Gasteiger partial charge on any atom is 0.161 e. The van der Waals surface area contributed by atoms with Gasteiger partial charge in [-0.3, -0.25) is 4.79 Å². The van der Waals surface area contributed by atoms with Gasteiger partial charge in [0.05, 0.1) is 11.2 Å². The molecule has 1 spiro atoms. The molecule has 2 rings (SSSR count). The first-order chi connectivity index (χ1) is 8.90. The van der Waals surface area contributed by atoms with E-state index in [-0.39, 0.29) is 29.5 Å². The van der Waals surface area contributed by atoms with Gasteiger partial charge in [0.1, 0.15) is 6.61 Å². The first-order valence-corrected chi connectivity index (χ1v) is 8.44. The zero-order chi connectivity index (χ0) is 13.9. The predicted octanol–water partition coefficient (Wildman–Crippen LogP) is 3.06. The molecule has 1 atom stereocenters. The Labute approximate surface area is 120 Å². The molecule has 1 unspecified atom stereocenters. The van der Waals surface area contributed by atoms with Crippen molar-refractivity contribution in [2.75, 3.05) is 24.7 Å². The molecule has 0 aromatic carbocycles. The van der Waals surface area contributed by atoms with Crippen LogP contribution in [0.1, 0.15) is 46.5 Å². The number of thioether (sulfide) groups is 1. The molecule has 2 saturated heterocycles. The third-order valence-corrected chi connectivity index (χ3v) is 4.99. The zero-order valence-electron chi connectivity index (χ0n) is 12.4. The van der Waals surface area contributed by atoms with Gasteiger partial charge in [0.25, 0.3) is 0 Å². The zero-order valence-corrected chi connectivity index (χ0v) is 13.2. The van der Waals surface area contributed by atoms with Crippen molar-refractivity contribution >= 4 is 17.5 Å². The van der Waals surface area contributed by atoms with E-state index in [4.69, 9.17) is 9.47 Å². The molecule has 2 aliphatic heterocycles. The lowest BCUT2D eigenvalue weighted by Crippen LogP contribution is -2.45. The Morgan fingerprint density at radius 2 is 2.05 bits per heavy atom.